The highest BCUT2D eigenvalue weighted by molar-refractivity contribution is 5.98. The molecule has 1 unspecified atom stereocenters. The molecule has 1 aromatic heterocycles. The highest BCUT2D eigenvalue weighted by Crippen LogP contribution is 2.64. The number of aryl methyl sites for hydroxylation is 1. The molecule has 0 bridgehead atoms. The van der Waals surface area contributed by atoms with Gasteiger partial charge in [0.1, 0.15) is 0 Å². The summed E-state index contributed by atoms with van der Waals surface area (Å²) in [6, 6.07) is 14.5. The van der Waals surface area contributed by atoms with E-state index in [4.69, 9.17) is 4.98 Å². The quantitative estimate of drug-likeness (QED) is 0.281. The predicted octanol–water partition coefficient (Wildman–Crippen LogP) is 5.04. The van der Waals surface area contributed by atoms with Gasteiger partial charge in [0, 0.05) is 47.9 Å². The number of hydrogen-bond donors (Lipinski definition) is 3. The van der Waals surface area contributed by atoms with Crippen LogP contribution in [0.25, 0.3) is 10.9 Å². The van der Waals surface area contributed by atoms with Gasteiger partial charge in [-0.15, -0.1) is 0 Å². The van der Waals surface area contributed by atoms with Gasteiger partial charge in [-0.3, -0.25) is 19.5 Å². The van der Waals surface area contributed by atoms with Crippen LogP contribution in [0.3, 0.4) is 0 Å². The Morgan fingerprint density at radius 3 is 2.58 bits per heavy atom. The molecule has 11 heteroatoms. The van der Waals surface area contributed by atoms with Gasteiger partial charge in [0.15, 0.2) is 0 Å². The number of fused-ring (bicyclic) bond motifs is 2. The van der Waals surface area contributed by atoms with Crippen LogP contribution in [0, 0.1) is 11.3 Å². The summed E-state index contributed by atoms with van der Waals surface area (Å²) in [5.74, 6) is -0.861. The van der Waals surface area contributed by atoms with Gasteiger partial charge in [0.2, 0.25) is 0 Å². The van der Waals surface area contributed by atoms with Gasteiger partial charge in [-0.05, 0) is 118 Å². The third kappa shape index (κ3) is 6.56. The molecular formula is C37H44F3N5O3. The summed E-state index contributed by atoms with van der Waals surface area (Å²) < 4.78 is 41.7. The molecular weight excluding hydrogens is 619 g/mol. The molecule has 2 saturated heterocycles. The van der Waals surface area contributed by atoms with Crippen molar-refractivity contribution in [3.05, 3.63) is 76.5 Å². The number of nitrogens with zero attached hydrogens (tertiary/aromatic N) is 3. The Morgan fingerprint density at radius 1 is 1.06 bits per heavy atom. The number of likely N-dealkylation sites (N-methyl/N-ethyl adjacent to an activating group) is 1. The molecule has 3 aromatic rings. The summed E-state index contributed by atoms with van der Waals surface area (Å²) in [6.45, 7) is 3.28. The van der Waals surface area contributed by atoms with E-state index in [0.717, 1.165) is 60.2 Å². The molecule has 4 aliphatic rings. The Kier molecular flexibility index (Phi) is 8.97. The third-order valence-electron chi connectivity index (χ3n) is 11.2. The highest BCUT2D eigenvalue weighted by atomic mass is 19.4. The normalized spacial score (nSPS) is 23.4. The van der Waals surface area contributed by atoms with Gasteiger partial charge >= 0.3 is 6.18 Å². The molecule has 256 valence electrons. The summed E-state index contributed by atoms with van der Waals surface area (Å²) in [6.07, 6.45) is 0.124. The molecule has 3 N–H and O–H groups in total. The number of hydrogen-bond acceptors (Lipinski definition) is 6. The number of rotatable bonds is 10. The summed E-state index contributed by atoms with van der Waals surface area (Å²) in [4.78, 5) is 36.1. The van der Waals surface area contributed by atoms with Crippen LogP contribution in [0.1, 0.15) is 82.1 Å². The number of amides is 2. The first-order chi connectivity index (χ1) is 23.0. The lowest BCUT2D eigenvalue weighted by molar-refractivity contribution is -0.204. The van der Waals surface area contributed by atoms with Crippen LogP contribution < -0.4 is 10.6 Å². The minimum Gasteiger partial charge on any atom is -0.395 e. The maximum absolute atomic E-state index is 13.9. The third-order valence-corrected chi connectivity index (χ3v) is 11.2. The average Bonchev–Trinajstić information content (AvgIpc) is 3.77. The standard InChI is InChI=1S/C37H44F3N5O3/c1-44-20-29(21-44)41-34(47)24-5-2-4-23(16-24)33(11-15-45-14-3-6-30(45)22-46)43-35(48)25-7-9-31-26(17-25)18-27-19-28(8-10-32(27)42-31)36(12-13-36)37(38,39)40/h2,4-5,7,9,16-18,28-30,33,46H,3,6,8,10-15,19-22H2,1H3,(H,41,47)(H,43,48)/t28?,30-,33+/m0/s1. The topological polar surface area (TPSA) is 97.8 Å². The van der Waals surface area contributed by atoms with E-state index in [0.29, 0.717) is 43.4 Å². The number of carbonyl (C=O) groups excluding carboxylic acids is 2. The fraction of sp³-hybridized carbons (Fsp3) is 0.541. The number of aliphatic hydroxyl groups is 1. The van der Waals surface area contributed by atoms with Crippen LogP contribution in [-0.2, 0) is 12.8 Å². The average molecular weight is 664 g/mol. The Balaban J connectivity index is 1.11. The number of halogens is 3. The molecule has 2 aromatic carbocycles. The number of nitrogens with one attached hydrogen (secondary N) is 2. The van der Waals surface area contributed by atoms with Gasteiger partial charge in [0.25, 0.3) is 11.8 Å². The maximum Gasteiger partial charge on any atom is 0.394 e. The molecule has 2 aliphatic carbocycles. The van der Waals surface area contributed by atoms with Crippen molar-refractivity contribution in [2.24, 2.45) is 11.3 Å². The summed E-state index contributed by atoms with van der Waals surface area (Å²) in [5, 5.41) is 16.9. The van der Waals surface area contributed by atoms with Crippen LogP contribution in [0.15, 0.2) is 48.5 Å². The van der Waals surface area contributed by atoms with E-state index in [2.05, 4.69) is 20.4 Å². The van der Waals surface area contributed by atoms with Crippen molar-refractivity contribution in [2.75, 3.05) is 39.8 Å². The zero-order valence-electron chi connectivity index (χ0n) is 27.4. The Morgan fingerprint density at radius 2 is 1.85 bits per heavy atom. The second-order valence-electron chi connectivity index (χ2n) is 14.4. The second kappa shape index (κ2) is 13.1. The van der Waals surface area contributed by atoms with Crippen molar-refractivity contribution in [3.8, 4) is 0 Å². The fourth-order valence-corrected chi connectivity index (χ4v) is 8.21. The number of alkyl halides is 3. The molecule has 0 spiro atoms. The lowest BCUT2D eigenvalue weighted by Crippen LogP contribution is -2.57. The van der Waals surface area contributed by atoms with E-state index in [1.54, 1.807) is 18.2 Å². The second-order valence-corrected chi connectivity index (χ2v) is 14.4. The van der Waals surface area contributed by atoms with Crippen LogP contribution in [-0.4, -0.2) is 89.8 Å². The molecule has 0 radical (unpaired) electrons. The van der Waals surface area contributed by atoms with E-state index in [1.165, 1.54) is 0 Å². The van der Waals surface area contributed by atoms with E-state index < -0.39 is 23.6 Å². The van der Waals surface area contributed by atoms with Gasteiger partial charge < -0.3 is 20.6 Å². The smallest absolute Gasteiger partial charge is 0.394 e. The van der Waals surface area contributed by atoms with Crippen LogP contribution in [0.5, 0.6) is 0 Å². The van der Waals surface area contributed by atoms with Crippen molar-refractivity contribution in [3.63, 3.8) is 0 Å². The molecule has 2 aliphatic heterocycles. The lowest BCUT2D eigenvalue weighted by atomic mass is 9.75. The predicted molar refractivity (Wildman–Crippen MR) is 177 cm³/mol. The van der Waals surface area contributed by atoms with E-state index in [1.807, 2.05) is 37.4 Å². The Labute approximate surface area is 279 Å². The number of likely N-dealkylation sites (tertiary alicyclic amines) is 2. The molecule has 8 nitrogen and oxygen atoms in total. The van der Waals surface area contributed by atoms with Crippen LogP contribution in [0.4, 0.5) is 13.2 Å². The first-order valence-electron chi connectivity index (χ1n) is 17.3. The SMILES string of the molecule is CN1CC(NC(=O)c2cccc([C@@H](CCN3CCC[C@H]3CO)NC(=O)c3ccc4nc5c(cc4c3)CC(C3(C(F)(F)F)CC3)CC5)c2)C1. The minimum atomic E-state index is -4.19. The molecule has 7 rings (SSSR count). The van der Waals surface area contributed by atoms with Gasteiger partial charge in [0.05, 0.1) is 29.6 Å². The van der Waals surface area contributed by atoms with Gasteiger partial charge in [-0.1, -0.05) is 12.1 Å². The molecule has 2 amide bonds. The lowest BCUT2D eigenvalue weighted by Gasteiger charge is -2.36. The van der Waals surface area contributed by atoms with Gasteiger partial charge in [-0.25, -0.2) is 0 Å². The van der Waals surface area contributed by atoms with Crippen molar-refractivity contribution in [1.29, 1.82) is 0 Å². The molecule has 3 atom stereocenters. The van der Waals surface area contributed by atoms with Crippen LogP contribution in [0.2, 0.25) is 0 Å². The largest absolute Gasteiger partial charge is 0.395 e. The van der Waals surface area contributed by atoms with E-state index in [-0.39, 0.29) is 43.3 Å². The molecule has 1 saturated carbocycles. The van der Waals surface area contributed by atoms with Crippen molar-refractivity contribution < 1.29 is 27.9 Å². The number of benzene rings is 2. The Bertz CT molecular complexity index is 1690. The van der Waals surface area contributed by atoms with Crippen molar-refractivity contribution >= 4 is 22.7 Å². The highest BCUT2D eigenvalue weighted by Gasteiger charge is 2.66. The number of carbonyl (C=O) groups is 2. The Hall–Kier alpha value is -3.54. The number of pyridine rings is 1. The summed E-state index contributed by atoms with van der Waals surface area (Å²) >= 11 is 0. The molecule has 48 heavy (non-hydrogen) atoms. The minimum absolute atomic E-state index is 0.0931. The first-order valence-corrected chi connectivity index (χ1v) is 17.3. The zero-order valence-corrected chi connectivity index (χ0v) is 27.4. The summed E-state index contributed by atoms with van der Waals surface area (Å²) in [5.41, 5.74) is 2.65. The van der Waals surface area contributed by atoms with Crippen molar-refractivity contribution in [1.82, 2.24) is 25.4 Å². The fourth-order valence-electron chi connectivity index (χ4n) is 8.21. The maximum atomic E-state index is 13.9. The first kappa shape index (κ1) is 33.0. The van der Waals surface area contributed by atoms with Gasteiger partial charge in [-0.2, -0.15) is 13.2 Å². The number of aliphatic hydroxyl groups excluding tert-OH is 1. The van der Waals surface area contributed by atoms with Crippen LogP contribution >= 0.6 is 0 Å². The van der Waals surface area contributed by atoms with E-state index >= 15 is 0 Å². The zero-order chi connectivity index (χ0) is 33.6. The molecule has 3 heterocycles. The van der Waals surface area contributed by atoms with E-state index in [9.17, 15) is 27.9 Å². The van der Waals surface area contributed by atoms with Crippen molar-refractivity contribution in [2.45, 2.75) is 75.7 Å². The summed E-state index contributed by atoms with van der Waals surface area (Å²) in [7, 11) is 2.01. The monoisotopic (exact) mass is 663 g/mol. The number of aromatic nitrogens is 1. The molecule has 3 fully saturated rings.